The van der Waals surface area contributed by atoms with Crippen molar-refractivity contribution >= 4 is 5.69 Å². The number of piperidine rings is 1. The molecule has 1 aromatic rings. The third kappa shape index (κ3) is 4.80. The molecule has 3 nitrogen and oxygen atoms in total. The van der Waals surface area contributed by atoms with Gasteiger partial charge in [0.2, 0.25) is 0 Å². The Morgan fingerprint density at radius 3 is 2.50 bits per heavy atom. The minimum atomic E-state index is 0.285. The first-order valence-corrected chi connectivity index (χ1v) is 7.95. The zero-order chi connectivity index (χ0) is 14.2. The second kappa shape index (κ2) is 8.28. The number of anilines is 1. The third-order valence-corrected chi connectivity index (χ3v) is 4.10. The second-order valence-corrected chi connectivity index (χ2v) is 5.96. The van der Waals surface area contributed by atoms with Gasteiger partial charge in [-0.2, -0.15) is 0 Å². The van der Waals surface area contributed by atoms with Crippen LogP contribution >= 0.6 is 0 Å². The van der Waals surface area contributed by atoms with Crippen molar-refractivity contribution < 1.29 is 5.11 Å². The molecule has 1 aliphatic heterocycles. The summed E-state index contributed by atoms with van der Waals surface area (Å²) in [6.07, 6.45) is 4.91. The fraction of sp³-hybridized carbons (Fsp3) is 0.647. The van der Waals surface area contributed by atoms with Gasteiger partial charge in [-0.3, -0.25) is 0 Å². The van der Waals surface area contributed by atoms with Crippen LogP contribution in [-0.2, 0) is 6.54 Å². The van der Waals surface area contributed by atoms with Crippen molar-refractivity contribution in [3.63, 3.8) is 0 Å². The standard InChI is InChI=1S/C17H28N2O/c1-15(9-12-20)13-18-14-16-5-7-17(8-6-16)19-10-3-2-4-11-19/h5-8,15,18,20H,2-4,9-14H2,1H3. The van der Waals surface area contributed by atoms with Crippen molar-refractivity contribution in [2.24, 2.45) is 5.92 Å². The maximum Gasteiger partial charge on any atom is 0.0434 e. The van der Waals surface area contributed by atoms with Gasteiger partial charge in [-0.1, -0.05) is 19.1 Å². The van der Waals surface area contributed by atoms with Crippen molar-refractivity contribution in [3.8, 4) is 0 Å². The zero-order valence-corrected chi connectivity index (χ0v) is 12.6. The summed E-state index contributed by atoms with van der Waals surface area (Å²) in [5, 5.41) is 12.3. The van der Waals surface area contributed by atoms with E-state index in [0.29, 0.717) is 5.92 Å². The van der Waals surface area contributed by atoms with E-state index in [9.17, 15) is 0 Å². The van der Waals surface area contributed by atoms with Crippen LogP contribution in [0.5, 0.6) is 0 Å². The van der Waals surface area contributed by atoms with E-state index in [0.717, 1.165) is 19.5 Å². The minimum Gasteiger partial charge on any atom is -0.396 e. The van der Waals surface area contributed by atoms with Crippen molar-refractivity contribution in [2.45, 2.75) is 39.2 Å². The summed E-state index contributed by atoms with van der Waals surface area (Å²) < 4.78 is 0. The Balaban J connectivity index is 1.76. The Hall–Kier alpha value is -1.06. The Bertz CT molecular complexity index is 371. The summed E-state index contributed by atoms with van der Waals surface area (Å²) in [5.74, 6) is 0.535. The van der Waals surface area contributed by atoms with Gasteiger partial charge in [0.25, 0.3) is 0 Å². The average molecular weight is 276 g/mol. The molecule has 0 amide bonds. The SMILES string of the molecule is CC(CCO)CNCc1ccc(N2CCCCC2)cc1. The van der Waals surface area contributed by atoms with Crippen LogP contribution in [0.2, 0.25) is 0 Å². The smallest absolute Gasteiger partial charge is 0.0434 e. The van der Waals surface area contributed by atoms with Gasteiger partial charge >= 0.3 is 0 Å². The minimum absolute atomic E-state index is 0.285. The van der Waals surface area contributed by atoms with Crippen LogP contribution in [0.25, 0.3) is 0 Å². The van der Waals surface area contributed by atoms with E-state index >= 15 is 0 Å². The number of hydrogen-bond acceptors (Lipinski definition) is 3. The molecule has 1 saturated heterocycles. The first-order chi connectivity index (χ1) is 9.79. The lowest BCUT2D eigenvalue weighted by molar-refractivity contribution is 0.260. The first-order valence-electron chi connectivity index (χ1n) is 7.95. The molecule has 112 valence electrons. The highest BCUT2D eigenvalue weighted by molar-refractivity contribution is 5.47. The molecule has 0 radical (unpaired) electrons. The molecule has 0 saturated carbocycles. The largest absolute Gasteiger partial charge is 0.396 e. The van der Waals surface area contributed by atoms with Gasteiger partial charge in [0.1, 0.15) is 0 Å². The quantitative estimate of drug-likeness (QED) is 0.804. The third-order valence-electron chi connectivity index (χ3n) is 4.10. The molecule has 0 bridgehead atoms. The van der Waals surface area contributed by atoms with Crippen LogP contribution in [-0.4, -0.2) is 31.3 Å². The van der Waals surface area contributed by atoms with Crippen LogP contribution < -0.4 is 10.2 Å². The fourth-order valence-corrected chi connectivity index (χ4v) is 2.76. The van der Waals surface area contributed by atoms with Gasteiger partial charge in [0, 0.05) is 31.9 Å². The molecule has 20 heavy (non-hydrogen) atoms. The van der Waals surface area contributed by atoms with Crippen molar-refractivity contribution in [1.82, 2.24) is 5.32 Å². The molecule has 1 heterocycles. The molecule has 1 aliphatic rings. The van der Waals surface area contributed by atoms with Gasteiger partial charge in [0.05, 0.1) is 0 Å². The number of rotatable bonds is 7. The summed E-state index contributed by atoms with van der Waals surface area (Å²) in [6, 6.07) is 8.96. The van der Waals surface area contributed by atoms with Crippen LogP contribution in [0.15, 0.2) is 24.3 Å². The van der Waals surface area contributed by atoms with E-state index in [-0.39, 0.29) is 6.61 Å². The molecule has 3 heteroatoms. The van der Waals surface area contributed by atoms with Crippen LogP contribution in [0.1, 0.15) is 38.2 Å². The summed E-state index contributed by atoms with van der Waals surface area (Å²) >= 11 is 0. The molecule has 1 unspecified atom stereocenters. The number of benzene rings is 1. The predicted octanol–water partition coefficient (Wildman–Crippen LogP) is 2.79. The topological polar surface area (TPSA) is 35.5 Å². The maximum absolute atomic E-state index is 8.87. The molecule has 2 rings (SSSR count). The van der Waals surface area contributed by atoms with E-state index < -0.39 is 0 Å². The van der Waals surface area contributed by atoms with Gasteiger partial charge in [0.15, 0.2) is 0 Å². The van der Waals surface area contributed by atoms with E-state index in [1.165, 1.54) is 43.6 Å². The highest BCUT2D eigenvalue weighted by atomic mass is 16.3. The van der Waals surface area contributed by atoms with E-state index in [4.69, 9.17) is 5.11 Å². The van der Waals surface area contributed by atoms with E-state index in [2.05, 4.69) is 41.4 Å². The van der Waals surface area contributed by atoms with Crippen LogP contribution in [0.3, 0.4) is 0 Å². The van der Waals surface area contributed by atoms with Crippen molar-refractivity contribution in [2.75, 3.05) is 31.1 Å². The average Bonchev–Trinajstić information content (AvgIpc) is 2.49. The molecule has 2 N–H and O–H groups in total. The van der Waals surface area contributed by atoms with Crippen molar-refractivity contribution in [3.05, 3.63) is 29.8 Å². The number of nitrogens with one attached hydrogen (secondary N) is 1. The molecule has 0 spiro atoms. The number of aliphatic hydroxyl groups excluding tert-OH is 1. The first kappa shape index (κ1) is 15.3. The van der Waals surface area contributed by atoms with Gasteiger partial charge in [-0.05, 0) is 55.8 Å². The molecule has 0 aromatic heterocycles. The van der Waals surface area contributed by atoms with Gasteiger partial charge < -0.3 is 15.3 Å². The Kier molecular flexibility index (Phi) is 6.34. The summed E-state index contributed by atoms with van der Waals surface area (Å²) in [4.78, 5) is 2.49. The van der Waals surface area contributed by atoms with Gasteiger partial charge in [-0.25, -0.2) is 0 Å². The summed E-state index contributed by atoms with van der Waals surface area (Å²) in [7, 11) is 0. The predicted molar refractivity (Wildman–Crippen MR) is 85.1 cm³/mol. The number of nitrogens with zero attached hydrogens (tertiary/aromatic N) is 1. The number of aliphatic hydroxyl groups is 1. The Morgan fingerprint density at radius 1 is 1.15 bits per heavy atom. The lowest BCUT2D eigenvalue weighted by Crippen LogP contribution is -2.29. The highest BCUT2D eigenvalue weighted by Crippen LogP contribution is 2.20. The molecular weight excluding hydrogens is 248 g/mol. The molecule has 1 aromatic carbocycles. The fourth-order valence-electron chi connectivity index (χ4n) is 2.76. The van der Waals surface area contributed by atoms with Crippen LogP contribution in [0, 0.1) is 5.92 Å². The monoisotopic (exact) mass is 276 g/mol. The Labute approximate surface area is 123 Å². The lowest BCUT2D eigenvalue weighted by Gasteiger charge is -2.28. The molecular formula is C17H28N2O. The van der Waals surface area contributed by atoms with E-state index in [1.807, 2.05) is 0 Å². The van der Waals surface area contributed by atoms with E-state index in [1.54, 1.807) is 0 Å². The Morgan fingerprint density at radius 2 is 1.85 bits per heavy atom. The molecule has 1 atom stereocenters. The number of hydrogen-bond donors (Lipinski definition) is 2. The molecule has 1 fully saturated rings. The lowest BCUT2D eigenvalue weighted by atomic mass is 10.1. The summed E-state index contributed by atoms with van der Waals surface area (Å²) in [6.45, 7) is 6.74. The summed E-state index contributed by atoms with van der Waals surface area (Å²) in [5.41, 5.74) is 2.70. The van der Waals surface area contributed by atoms with Gasteiger partial charge in [-0.15, -0.1) is 0 Å². The highest BCUT2D eigenvalue weighted by Gasteiger charge is 2.10. The zero-order valence-electron chi connectivity index (χ0n) is 12.6. The normalized spacial score (nSPS) is 17.2. The molecule has 0 aliphatic carbocycles. The maximum atomic E-state index is 8.87. The second-order valence-electron chi connectivity index (χ2n) is 5.96. The van der Waals surface area contributed by atoms with Crippen molar-refractivity contribution in [1.29, 1.82) is 0 Å². The van der Waals surface area contributed by atoms with Crippen LogP contribution in [0.4, 0.5) is 5.69 Å².